The minimum Gasteiger partial charge on any atom is -0.309 e. The molecule has 8 heteroatoms. The Kier molecular flexibility index (Phi) is 3.43. The van der Waals surface area contributed by atoms with Crippen molar-refractivity contribution in [2.75, 3.05) is 11.9 Å². The van der Waals surface area contributed by atoms with Crippen LogP contribution < -0.4 is 4.90 Å². The predicted octanol–water partition coefficient (Wildman–Crippen LogP) is 2.80. The Hall–Kier alpha value is -2.77. The number of carbonyl (C=O) groups excluding carboxylic acids is 1. The highest BCUT2D eigenvalue weighted by molar-refractivity contribution is 6.03. The maximum atomic E-state index is 12.9. The van der Waals surface area contributed by atoms with Gasteiger partial charge in [0.2, 0.25) is 0 Å². The van der Waals surface area contributed by atoms with Gasteiger partial charge in [0.15, 0.2) is 0 Å². The van der Waals surface area contributed by atoms with E-state index in [9.17, 15) is 25.0 Å². The van der Waals surface area contributed by atoms with E-state index in [2.05, 4.69) is 0 Å². The first-order valence-electron chi connectivity index (χ1n) is 7.56. The standard InChI is InChI=1S/C16H17N3O5/c1-9-6-13-12-7-11(18(21)22)4-5-14(12)17(3)15(20)16(13,19(23)24)8-10(9)2/h4-5,7,13H,6,8H2,1-3H3/t13-,16+/m0/s1. The fraction of sp³-hybridized carbons (Fsp3) is 0.438. The highest BCUT2D eigenvalue weighted by Gasteiger charge is 2.63. The molecule has 1 aromatic carbocycles. The number of amides is 1. The quantitative estimate of drug-likeness (QED) is 0.470. The monoisotopic (exact) mass is 331 g/mol. The number of non-ortho nitro benzene ring substituents is 1. The van der Waals surface area contributed by atoms with Crippen LogP contribution in [-0.4, -0.2) is 28.3 Å². The van der Waals surface area contributed by atoms with Crippen LogP contribution in [-0.2, 0) is 4.79 Å². The number of carbonyl (C=O) groups is 1. The fourth-order valence-electron chi connectivity index (χ4n) is 3.83. The zero-order chi connectivity index (χ0) is 17.8. The van der Waals surface area contributed by atoms with Crippen molar-refractivity contribution in [3.63, 3.8) is 0 Å². The lowest BCUT2D eigenvalue weighted by Gasteiger charge is -2.43. The van der Waals surface area contributed by atoms with Gasteiger partial charge in [-0.05, 0) is 31.9 Å². The Morgan fingerprint density at radius 2 is 1.88 bits per heavy atom. The molecule has 1 aromatic rings. The summed E-state index contributed by atoms with van der Waals surface area (Å²) in [5.74, 6) is -1.26. The molecular weight excluding hydrogens is 314 g/mol. The SMILES string of the molecule is CC1=C(C)C[C@]2([N+](=O)[O-])C(=O)N(C)c3ccc([N+](=O)[O-])cc3[C@@H]2C1. The Morgan fingerprint density at radius 1 is 1.21 bits per heavy atom. The van der Waals surface area contributed by atoms with Gasteiger partial charge in [0.25, 0.3) is 5.69 Å². The van der Waals surface area contributed by atoms with Gasteiger partial charge in [-0.3, -0.25) is 25.0 Å². The van der Waals surface area contributed by atoms with E-state index in [1.165, 1.54) is 30.1 Å². The molecular formula is C16H17N3O5. The Morgan fingerprint density at radius 3 is 2.46 bits per heavy atom. The number of fused-ring (bicyclic) bond motifs is 3. The van der Waals surface area contributed by atoms with Gasteiger partial charge in [-0.2, -0.15) is 0 Å². The maximum Gasteiger partial charge on any atom is 0.309 e. The van der Waals surface area contributed by atoms with Crippen LogP contribution in [0.15, 0.2) is 29.3 Å². The van der Waals surface area contributed by atoms with E-state index >= 15 is 0 Å². The first-order chi connectivity index (χ1) is 11.2. The van der Waals surface area contributed by atoms with Gasteiger partial charge in [0.05, 0.1) is 10.8 Å². The van der Waals surface area contributed by atoms with Gasteiger partial charge in [-0.15, -0.1) is 0 Å². The second-order valence-corrected chi connectivity index (χ2v) is 6.54. The van der Waals surface area contributed by atoms with Gasteiger partial charge in [-0.1, -0.05) is 11.1 Å². The summed E-state index contributed by atoms with van der Waals surface area (Å²) in [4.78, 5) is 36.2. The maximum absolute atomic E-state index is 12.9. The molecule has 126 valence electrons. The van der Waals surface area contributed by atoms with Crippen molar-refractivity contribution in [3.8, 4) is 0 Å². The average Bonchev–Trinajstić information content (AvgIpc) is 2.53. The number of rotatable bonds is 2. The van der Waals surface area contributed by atoms with E-state index in [0.717, 1.165) is 11.1 Å². The third kappa shape index (κ3) is 1.95. The smallest absolute Gasteiger partial charge is 0.309 e. The molecule has 0 N–H and O–H groups in total. The molecule has 0 aromatic heterocycles. The molecule has 0 unspecified atom stereocenters. The Balaban J connectivity index is 2.30. The Labute approximate surface area is 138 Å². The zero-order valence-corrected chi connectivity index (χ0v) is 13.6. The Bertz CT molecular complexity index is 816. The van der Waals surface area contributed by atoms with Crippen LogP contribution in [0.4, 0.5) is 11.4 Å². The number of benzene rings is 1. The van der Waals surface area contributed by atoms with Gasteiger partial charge < -0.3 is 4.90 Å². The topological polar surface area (TPSA) is 107 Å². The lowest BCUT2D eigenvalue weighted by atomic mass is 9.65. The summed E-state index contributed by atoms with van der Waals surface area (Å²) in [7, 11) is 1.48. The summed E-state index contributed by atoms with van der Waals surface area (Å²) >= 11 is 0. The third-order valence-corrected chi connectivity index (χ3v) is 5.31. The third-order valence-electron chi connectivity index (χ3n) is 5.31. The number of allylic oxidation sites excluding steroid dienone is 1. The van der Waals surface area contributed by atoms with E-state index in [1.54, 1.807) is 6.92 Å². The summed E-state index contributed by atoms with van der Waals surface area (Å²) in [6.07, 6.45) is 0.377. The summed E-state index contributed by atoms with van der Waals surface area (Å²) in [5, 5.41) is 23.1. The fourth-order valence-corrected chi connectivity index (χ4v) is 3.83. The molecule has 8 nitrogen and oxygen atoms in total. The number of nitrogens with zero attached hydrogens (tertiary/aromatic N) is 3. The molecule has 1 heterocycles. The van der Waals surface area contributed by atoms with E-state index < -0.39 is 27.2 Å². The molecule has 1 aliphatic heterocycles. The van der Waals surface area contributed by atoms with Crippen LogP contribution in [0.2, 0.25) is 0 Å². The van der Waals surface area contributed by atoms with Crippen LogP contribution in [0.25, 0.3) is 0 Å². The second-order valence-electron chi connectivity index (χ2n) is 6.54. The second kappa shape index (κ2) is 5.12. The molecule has 0 fully saturated rings. The first-order valence-corrected chi connectivity index (χ1v) is 7.56. The lowest BCUT2D eigenvalue weighted by molar-refractivity contribution is -0.557. The number of hydrogen-bond acceptors (Lipinski definition) is 5. The van der Waals surface area contributed by atoms with Crippen molar-refractivity contribution in [1.29, 1.82) is 0 Å². The van der Waals surface area contributed by atoms with Crippen LogP contribution >= 0.6 is 0 Å². The van der Waals surface area contributed by atoms with Crippen LogP contribution in [0.3, 0.4) is 0 Å². The molecule has 0 saturated carbocycles. The van der Waals surface area contributed by atoms with Gasteiger partial charge in [-0.25, -0.2) is 0 Å². The van der Waals surface area contributed by atoms with Crippen molar-refractivity contribution in [2.45, 2.75) is 38.1 Å². The molecule has 0 saturated heterocycles. The minimum absolute atomic E-state index is 0.0296. The van der Waals surface area contributed by atoms with Gasteiger partial charge >= 0.3 is 11.4 Å². The van der Waals surface area contributed by atoms with Crippen LogP contribution in [0.5, 0.6) is 0 Å². The normalized spacial score (nSPS) is 26.0. The molecule has 1 aliphatic carbocycles. The van der Waals surface area contributed by atoms with E-state index in [4.69, 9.17) is 0 Å². The van der Waals surface area contributed by atoms with Gasteiger partial charge in [0, 0.05) is 36.2 Å². The zero-order valence-electron chi connectivity index (χ0n) is 13.6. The molecule has 0 bridgehead atoms. The lowest BCUT2D eigenvalue weighted by Crippen LogP contribution is -2.61. The average molecular weight is 331 g/mol. The van der Waals surface area contributed by atoms with Crippen molar-refractivity contribution in [3.05, 3.63) is 55.1 Å². The van der Waals surface area contributed by atoms with Crippen LogP contribution in [0, 0.1) is 20.2 Å². The van der Waals surface area contributed by atoms with Gasteiger partial charge in [0.1, 0.15) is 0 Å². The van der Waals surface area contributed by atoms with Crippen molar-refractivity contribution < 1.29 is 14.6 Å². The molecule has 1 amide bonds. The number of nitro groups is 2. The summed E-state index contributed by atoms with van der Waals surface area (Å²) in [6, 6.07) is 4.18. The van der Waals surface area contributed by atoms with E-state index in [-0.39, 0.29) is 12.1 Å². The molecule has 2 aliphatic rings. The van der Waals surface area contributed by atoms with Crippen LogP contribution in [0.1, 0.15) is 38.2 Å². The van der Waals surface area contributed by atoms with E-state index in [1.807, 2.05) is 6.92 Å². The molecule has 0 spiro atoms. The largest absolute Gasteiger partial charge is 0.309 e. The number of nitro benzene ring substituents is 1. The highest BCUT2D eigenvalue weighted by Crippen LogP contribution is 2.52. The molecule has 2 atom stereocenters. The minimum atomic E-state index is -1.79. The van der Waals surface area contributed by atoms with E-state index in [0.29, 0.717) is 17.7 Å². The number of hydrogen-bond donors (Lipinski definition) is 0. The van der Waals surface area contributed by atoms with Crippen molar-refractivity contribution >= 4 is 17.3 Å². The molecule has 3 rings (SSSR count). The summed E-state index contributed by atoms with van der Waals surface area (Å²) in [6.45, 7) is 3.69. The van der Waals surface area contributed by atoms with Crippen molar-refractivity contribution in [2.24, 2.45) is 0 Å². The molecule has 0 radical (unpaired) electrons. The molecule has 24 heavy (non-hydrogen) atoms. The number of likely N-dealkylation sites (N-methyl/N-ethyl adjacent to an activating group) is 1. The van der Waals surface area contributed by atoms with Crippen molar-refractivity contribution in [1.82, 2.24) is 0 Å². The summed E-state index contributed by atoms with van der Waals surface area (Å²) in [5.41, 5.74) is 0.902. The first kappa shape index (κ1) is 16.1. The number of anilines is 1. The predicted molar refractivity (Wildman–Crippen MR) is 86.6 cm³/mol. The highest BCUT2D eigenvalue weighted by atomic mass is 16.6. The summed E-state index contributed by atoms with van der Waals surface area (Å²) < 4.78 is 0.